The molecule has 0 bridgehead atoms. The molecule has 0 atom stereocenters. The highest BCUT2D eigenvalue weighted by molar-refractivity contribution is 5.85. The largest absolute Gasteiger partial charge is 0.476 e. The molecule has 6 nitrogen and oxygen atoms in total. The molecule has 1 fully saturated rings. The van der Waals surface area contributed by atoms with Crippen LogP contribution in [0.25, 0.3) is 0 Å². The standard InChI is InChI=1S/C10H12N2O4/c13-9-3-1-2-4-12(9)6-7-5-8(10(14)15)11-16-7/h5H,1-4,6H2,(H,14,15). The lowest BCUT2D eigenvalue weighted by Crippen LogP contribution is -2.34. The van der Waals surface area contributed by atoms with Crippen molar-refractivity contribution in [2.75, 3.05) is 6.54 Å². The van der Waals surface area contributed by atoms with E-state index in [-0.39, 0.29) is 11.6 Å². The molecule has 6 heteroatoms. The number of piperidine rings is 1. The van der Waals surface area contributed by atoms with Crippen LogP contribution < -0.4 is 0 Å². The highest BCUT2D eigenvalue weighted by atomic mass is 16.5. The van der Waals surface area contributed by atoms with Gasteiger partial charge in [0.05, 0.1) is 6.54 Å². The van der Waals surface area contributed by atoms with E-state index >= 15 is 0 Å². The Hall–Kier alpha value is -1.85. The summed E-state index contributed by atoms with van der Waals surface area (Å²) in [6.45, 7) is 1.00. The van der Waals surface area contributed by atoms with Gasteiger partial charge in [-0.1, -0.05) is 5.16 Å². The molecule has 1 aromatic rings. The number of carbonyl (C=O) groups is 2. The number of rotatable bonds is 3. The molecule has 2 rings (SSSR count). The van der Waals surface area contributed by atoms with Crippen molar-refractivity contribution >= 4 is 11.9 Å². The number of nitrogens with zero attached hydrogens (tertiary/aromatic N) is 2. The zero-order chi connectivity index (χ0) is 11.5. The van der Waals surface area contributed by atoms with Crippen molar-refractivity contribution in [1.29, 1.82) is 0 Å². The highest BCUT2D eigenvalue weighted by Gasteiger charge is 2.20. The van der Waals surface area contributed by atoms with Crippen LogP contribution in [0.1, 0.15) is 35.5 Å². The van der Waals surface area contributed by atoms with E-state index in [1.807, 2.05) is 0 Å². The lowest BCUT2D eigenvalue weighted by molar-refractivity contribution is -0.134. The fraction of sp³-hybridized carbons (Fsp3) is 0.500. The maximum atomic E-state index is 11.5. The molecule has 0 aromatic carbocycles. The third-order valence-electron chi connectivity index (χ3n) is 2.55. The van der Waals surface area contributed by atoms with Crippen LogP contribution >= 0.6 is 0 Å². The Bertz CT molecular complexity index is 413. The number of amides is 1. The van der Waals surface area contributed by atoms with Crippen molar-refractivity contribution in [3.63, 3.8) is 0 Å². The van der Waals surface area contributed by atoms with Gasteiger partial charge >= 0.3 is 5.97 Å². The van der Waals surface area contributed by atoms with Gasteiger partial charge in [0.2, 0.25) is 5.91 Å². The maximum absolute atomic E-state index is 11.5. The minimum absolute atomic E-state index is 0.0829. The number of carboxylic acid groups (broad SMARTS) is 1. The molecule has 2 heterocycles. The van der Waals surface area contributed by atoms with Crippen molar-refractivity contribution < 1.29 is 19.2 Å². The molecule has 1 N–H and O–H groups in total. The molecule has 1 amide bonds. The van der Waals surface area contributed by atoms with Crippen LogP contribution in [0, 0.1) is 0 Å². The fourth-order valence-corrected chi connectivity index (χ4v) is 1.71. The molecule has 0 spiro atoms. The second-order valence-corrected chi connectivity index (χ2v) is 3.76. The normalized spacial score (nSPS) is 16.5. The molecule has 86 valence electrons. The number of hydrogen-bond donors (Lipinski definition) is 1. The predicted octanol–water partition coefficient (Wildman–Crippen LogP) is 0.885. The Balaban J connectivity index is 2.02. The van der Waals surface area contributed by atoms with Crippen LogP contribution in [0.15, 0.2) is 10.6 Å². The molecule has 1 aliphatic rings. The molecular formula is C10H12N2O4. The molecule has 0 radical (unpaired) electrons. The first-order valence-corrected chi connectivity index (χ1v) is 5.13. The number of aromatic carboxylic acids is 1. The highest BCUT2D eigenvalue weighted by Crippen LogP contribution is 2.14. The van der Waals surface area contributed by atoms with E-state index in [2.05, 4.69) is 5.16 Å². The number of likely N-dealkylation sites (tertiary alicyclic amines) is 1. The lowest BCUT2D eigenvalue weighted by Gasteiger charge is -2.25. The van der Waals surface area contributed by atoms with Crippen LogP contribution in [-0.4, -0.2) is 33.6 Å². The second-order valence-electron chi connectivity index (χ2n) is 3.76. The van der Waals surface area contributed by atoms with E-state index in [0.717, 1.165) is 12.8 Å². The Morgan fingerprint density at radius 1 is 1.56 bits per heavy atom. The molecule has 1 saturated heterocycles. The summed E-state index contributed by atoms with van der Waals surface area (Å²) in [5.41, 5.74) is -0.126. The summed E-state index contributed by atoms with van der Waals surface area (Å²) in [5, 5.41) is 12.0. The monoisotopic (exact) mass is 224 g/mol. The van der Waals surface area contributed by atoms with E-state index in [0.29, 0.717) is 25.3 Å². The van der Waals surface area contributed by atoms with Gasteiger partial charge in [-0.15, -0.1) is 0 Å². The first-order chi connectivity index (χ1) is 7.66. The second kappa shape index (κ2) is 4.34. The van der Waals surface area contributed by atoms with Crippen molar-refractivity contribution in [3.8, 4) is 0 Å². The van der Waals surface area contributed by atoms with E-state index in [1.54, 1.807) is 4.90 Å². The number of aromatic nitrogens is 1. The lowest BCUT2D eigenvalue weighted by atomic mass is 10.1. The molecule has 0 unspecified atom stereocenters. The van der Waals surface area contributed by atoms with Crippen LogP contribution in [0.4, 0.5) is 0 Å². The summed E-state index contributed by atoms with van der Waals surface area (Å²) in [6, 6.07) is 1.35. The number of carbonyl (C=O) groups excluding carboxylic acids is 1. The average molecular weight is 224 g/mol. The summed E-state index contributed by atoms with van der Waals surface area (Å²) in [5.74, 6) is -0.632. The molecule has 0 aliphatic carbocycles. The molecule has 1 aromatic heterocycles. The van der Waals surface area contributed by atoms with Gasteiger partial charge in [0.15, 0.2) is 11.5 Å². The minimum atomic E-state index is -1.13. The van der Waals surface area contributed by atoms with Gasteiger partial charge in [0.1, 0.15) is 0 Å². The average Bonchev–Trinajstić information content (AvgIpc) is 2.70. The Morgan fingerprint density at radius 2 is 2.38 bits per heavy atom. The smallest absolute Gasteiger partial charge is 0.358 e. The minimum Gasteiger partial charge on any atom is -0.476 e. The molecule has 1 aliphatic heterocycles. The predicted molar refractivity (Wildman–Crippen MR) is 52.7 cm³/mol. The third kappa shape index (κ3) is 2.21. The SMILES string of the molecule is O=C(O)c1cc(CN2CCCCC2=O)on1. The number of hydrogen-bond acceptors (Lipinski definition) is 4. The molecule has 16 heavy (non-hydrogen) atoms. The van der Waals surface area contributed by atoms with Crippen molar-refractivity contribution in [1.82, 2.24) is 10.1 Å². The molecular weight excluding hydrogens is 212 g/mol. The van der Waals surface area contributed by atoms with Crippen LogP contribution in [0.3, 0.4) is 0 Å². The van der Waals surface area contributed by atoms with Crippen molar-refractivity contribution in [2.24, 2.45) is 0 Å². The third-order valence-corrected chi connectivity index (χ3v) is 2.55. The van der Waals surface area contributed by atoms with E-state index in [9.17, 15) is 9.59 Å². The van der Waals surface area contributed by atoms with Gasteiger partial charge in [0.25, 0.3) is 0 Å². The van der Waals surface area contributed by atoms with Crippen molar-refractivity contribution in [3.05, 3.63) is 17.5 Å². The Labute approximate surface area is 91.8 Å². The number of carboxylic acids is 1. The van der Waals surface area contributed by atoms with Gasteiger partial charge in [-0.25, -0.2) is 4.79 Å². The summed E-state index contributed by atoms with van der Waals surface area (Å²) < 4.78 is 4.85. The van der Waals surface area contributed by atoms with Crippen LogP contribution in [-0.2, 0) is 11.3 Å². The summed E-state index contributed by atoms with van der Waals surface area (Å²) in [4.78, 5) is 23.7. The van der Waals surface area contributed by atoms with Crippen LogP contribution in [0.5, 0.6) is 0 Å². The van der Waals surface area contributed by atoms with Gasteiger partial charge in [-0.2, -0.15) is 0 Å². The van der Waals surface area contributed by atoms with Gasteiger partial charge in [-0.3, -0.25) is 4.79 Å². The van der Waals surface area contributed by atoms with E-state index in [1.165, 1.54) is 6.07 Å². The zero-order valence-electron chi connectivity index (χ0n) is 8.68. The van der Waals surface area contributed by atoms with E-state index < -0.39 is 5.97 Å². The maximum Gasteiger partial charge on any atom is 0.358 e. The van der Waals surface area contributed by atoms with Crippen molar-refractivity contribution in [2.45, 2.75) is 25.8 Å². The van der Waals surface area contributed by atoms with Gasteiger partial charge in [-0.05, 0) is 12.8 Å². The van der Waals surface area contributed by atoms with Gasteiger partial charge < -0.3 is 14.5 Å². The summed E-state index contributed by atoms with van der Waals surface area (Å²) in [6.07, 6.45) is 2.46. The zero-order valence-corrected chi connectivity index (χ0v) is 8.68. The van der Waals surface area contributed by atoms with Crippen LogP contribution in [0.2, 0.25) is 0 Å². The molecule has 0 saturated carbocycles. The fourth-order valence-electron chi connectivity index (χ4n) is 1.71. The summed E-state index contributed by atoms with van der Waals surface area (Å²) >= 11 is 0. The Morgan fingerprint density at radius 3 is 3.00 bits per heavy atom. The summed E-state index contributed by atoms with van der Waals surface area (Å²) in [7, 11) is 0. The van der Waals surface area contributed by atoms with Gasteiger partial charge in [0, 0.05) is 19.0 Å². The Kier molecular flexibility index (Phi) is 2.89. The quantitative estimate of drug-likeness (QED) is 0.824. The first kappa shape index (κ1) is 10.7. The first-order valence-electron chi connectivity index (χ1n) is 5.13. The topological polar surface area (TPSA) is 83.6 Å². The van der Waals surface area contributed by atoms with E-state index in [4.69, 9.17) is 9.63 Å².